The smallest absolute Gasteiger partial charge is 0.0801 e. The van der Waals surface area contributed by atoms with Gasteiger partial charge in [0.1, 0.15) is 0 Å². The molecule has 16 heavy (non-hydrogen) atoms. The zero-order valence-electron chi connectivity index (χ0n) is 9.65. The lowest BCUT2D eigenvalue weighted by atomic mass is 10.1. The number of aromatic nitrogens is 1. The molecule has 2 aromatic rings. The normalized spacial score (nSPS) is 10.6. The Morgan fingerprint density at radius 1 is 1.12 bits per heavy atom. The molecule has 0 saturated heterocycles. The molecule has 0 fully saturated rings. The Labute approximate surface area is 101 Å². The van der Waals surface area contributed by atoms with Crippen molar-refractivity contribution in [2.24, 2.45) is 0 Å². The van der Waals surface area contributed by atoms with Gasteiger partial charge in [-0.15, -0.1) is 11.3 Å². The second kappa shape index (κ2) is 5.80. The summed E-state index contributed by atoms with van der Waals surface area (Å²) < 4.78 is 0. The van der Waals surface area contributed by atoms with Gasteiger partial charge in [-0.25, -0.2) is 4.98 Å². The average Bonchev–Trinajstić information content (AvgIpc) is 2.79. The Morgan fingerprint density at radius 3 is 2.69 bits per heavy atom. The zero-order valence-corrected chi connectivity index (χ0v) is 10.5. The maximum Gasteiger partial charge on any atom is 0.0801 e. The molecule has 0 bridgehead atoms. The molecule has 0 aliphatic heterocycles. The van der Waals surface area contributed by atoms with Gasteiger partial charge in [-0.2, -0.15) is 0 Å². The lowest BCUT2D eigenvalue weighted by molar-refractivity contribution is 0.710. The van der Waals surface area contributed by atoms with E-state index in [0.29, 0.717) is 0 Å². The van der Waals surface area contributed by atoms with Crippen LogP contribution in [0.1, 0.15) is 31.9 Å². The van der Waals surface area contributed by atoms with Gasteiger partial charge < -0.3 is 0 Å². The van der Waals surface area contributed by atoms with E-state index in [1.807, 2.05) is 5.51 Å². The van der Waals surface area contributed by atoms with E-state index in [1.165, 1.54) is 35.4 Å². The number of aryl methyl sites for hydroxylation is 1. The zero-order chi connectivity index (χ0) is 11.2. The van der Waals surface area contributed by atoms with Crippen molar-refractivity contribution in [2.45, 2.75) is 32.6 Å². The fourth-order valence-corrected chi connectivity index (χ4v) is 2.66. The van der Waals surface area contributed by atoms with Crippen molar-refractivity contribution in [3.05, 3.63) is 41.5 Å². The Balaban J connectivity index is 2.13. The van der Waals surface area contributed by atoms with E-state index < -0.39 is 0 Å². The molecule has 84 valence electrons. The third-order valence-electron chi connectivity index (χ3n) is 2.69. The van der Waals surface area contributed by atoms with Gasteiger partial charge in [0.25, 0.3) is 0 Å². The summed E-state index contributed by atoms with van der Waals surface area (Å²) in [5.41, 5.74) is 4.53. The van der Waals surface area contributed by atoms with Crippen LogP contribution in [0.15, 0.2) is 35.8 Å². The number of benzene rings is 1. The third kappa shape index (κ3) is 2.70. The van der Waals surface area contributed by atoms with Gasteiger partial charge in [0.15, 0.2) is 0 Å². The largest absolute Gasteiger partial charge is 0.249 e. The highest BCUT2D eigenvalue weighted by molar-refractivity contribution is 7.13. The van der Waals surface area contributed by atoms with Crippen molar-refractivity contribution in [3.63, 3.8) is 0 Å². The highest BCUT2D eigenvalue weighted by atomic mass is 32.1. The predicted molar refractivity (Wildman–Crippen MR) is 70.8 cm³/mol. The minimum atomic E-state index is 1.11. The fraction of sp³-hybridized carbons (Fsp3) is 0.357. The summed E-state index contributed by atoms with van der Waals surface area (Å²) in [7, 11) is 0. The number of rotatable bonds is 5. The quantitative estimate of drug-likeness (QED) is 0.688. The predicted octanol–water partition coefficient (Wildman–Crippen LogP) is 4.54. The van der Waals surface area contributed by atoms with Crippen LogP contribution in [0.5, 0.6) is 0 Å². The molecule has 0 amide bonds. The molecular weight excluding hydrogens is 214 g/mol. The van der Waals surface area contributed by atoms with Crippen LogP contribution in [0.4, 0.5) is 0 Å². The molecule has 1 nitrogen and oxygen atoms in total. The Morgan fingerprint density at radius 2 is 1.94 bits per heavy atom. The molecular formula is C14H17NS. The molecule has 1 aromatic heterocycles. The summed E-state index contributed by atoms with van der Waals surface area (Å²) >= 11 is 1.75. The molecule has 0 aliphatic rings. The standard InChI is InChI=1S/C14H17NS/c1-2-3-5-10-13-14(16-11-15-13)12-8-6-4-7-9-12/h4,6-9,11H,2-3,5,10H2,1H3. The van der Waals surface area contributed by atoms with E-state index in [2.05, 4.69) is 42.2 Å². The maximum absolute atomic E-state index is 4.48. The van der Waals surface area contributed by atoms with Crippen molar-refractivity contribution in [2.75, 3.05) is 0 Å². The van der Waals surface area contributed by atoms with Crippen LogP contribution in [0.25, 0.3) is 10.4 Å². The molecule has 0 spiro atoms. The number of thiazole rings is 1. The highest BCUT2D eigenvalue weighted by Gasteiger charge is 2.07. The summed E-state index contributed by atoms with van der Waals surface area (Å²) in [6.45, 7) is 2.24. The van der Waals surface area contributed by atoms with Crippen molar-refractivity contribution in [3.8, 4) is 10.4 Å². The minimum absolute atomic E-state index is 1.11. The Kier molecular flexibility index (Phi) is 4.11. The SMILES string of the molecule is CCCCCc1ncsc1-c1ccccc1. The van der Waals surface area contributed by atoms with Gasteiger partial charge in [0.2, 0.25) is 0 Å². The second-order valence-corrected chi connectivity index (χ2v) is 4.81. The first-order valence-corrected chi connectivity index (χ1v) is 6.77. The van der Waals surface area contributed by atoms with Crippen LogP contribution in [0.3, 0.4) is 0 Å². The summed E-state index contributed by atoms with van der Waals surface area (Å²) in [6, 6.07) is 10.6. The summed E-state index contributed by atoms with van der Waals surface area (Å²) in [5.74, 6) is 0. The van der Waals surface area contributed by atoms with Crippen LogP contribution in [0, 0.1) is 0 Å². The Bertz CT molecular complexity index is 419. The first-order chi connectivity index (χ1) is 7.92. The molecule has 0 radical (unpaired) electrons. The molecule has 1 aromatic carbocycles. The molecule has 0 atom stereocenters. The minimum Gasteiger partial charge on any atom is -0.249 e. The second-order valence-electron chi connectivity index (χ2n) is 3.95. The third-order valence-corrected chi connectivity index (χ3v) is 3.61. The van der Waals surface area contributed by atoms with E-state index >= 15 is 0 Å². The van der Waals surface area contributed by atoms with Crippen LogP contribution < -0.4 is 0 Å². The van der Waals surface area contributed by atoms with Crippen LogP contribution in [0.2, 0.25) is 0 Å². The van der Waals surface area contributed by atoms with Crippen molar-refractivity contribution >= 4 is 11.3 Å². The Hall–Kier alpha value is -1.15. The van der Waals surface area contributed by atoms with Crippen molar-refractivity contribution in [1.29, 1.82) is 0 Å². The monoisotopic (exact) mass is 231 g/mol. The summed E-state index contributed by atoms with van der Waals surface area (Å²) in [4.78, 5) is 5.83. The van der Waals surface area contributed by atoms with Crippen molar-refractivity contribution in [1.82, 2.24) is 4.98 Å². The van der Waals surface area contributed by atoms with Gasteiger partial charge in [0, 0.05) is 0 Å². The van der Waals surface area contributed by atoms with E-state index in [9.17, 15) is 0 Å². The lowest BCUT2D eigenvalue weighted by Crippen LogP contribution is -1.88. The van der Waals surface area contributed by atoms with E-state index in [-0.39, 0.29) is 0 Å². The molecule has 0 aliphatic carbocycles. The molecule has 1 heterocycles. The number of hydrogen-bond acceptors (Lipinski definition) is 2. The van der Waals surface area contributed by atoms with Gasteiger partial charge in [-0.1, -0.05) is 50.1 Å². The van der Waals surface area contributed by atoms with Gasteiger partial charge in [0.05, 0.1) is 16.1 Å². The van der Waals surface area contributed by atoms with Crippen molar-refractivity contribution < 1.29 is 0 Å². The first-order valence-electron chi connectivity index (χ1n) is 5.89. The summed E-state index contributed by atoms with van der Waals surface area (Å²) in [6.07, 6.45) is 4.93. The van der Waals surface area contributed by atoms with E-state index in [0.717, 1.165) is 6.42 Å². The summed E-state index contributed by atoms with van der Waals surface area (Å²) in [5, 5.41) is 0. The molecule has 0 saturated carbocycles. The van der Waals surface area contributed by atoms with Crippen LogP contribution >= 0.6 is 11.3 Å². The van der Waals surface area contributed by atoms with Gasteiger partial charge in [-0.05, 0) is 18.4 Å². The number of hydrogen-bond donors (Lipinski definition) is 0. The van der Waals surface area contributed by atoms with E-state index in [4.69, 9.17) is 0 Å². The van der Waals surface area contributed by atoms with Crippen LogP contribution in [-0.4, -0.2) is 4.98 Å². The van der Waals surface area contributed by atoms with Gasteiger partial charge in [-0.3, -0.25) is 0 Å². The first kappa shape index (κ1) is 11.3. The van der Waals surface area contributed by atoms with E-state index in [1.54, 1.807) is 11.3 Å². The fourth-order valence-electron chi connectivity index (χ4n) is 1.81. The van der Waals surface area contributed by atoms with Crippen LogP contribution in [-0.2, 0) is 6.42 Å². The highest BCUT2D eigenvalue weighted by Crippen LogP contribution is 2.28. The maximum atomic E-state index is 4.48. The molecule has 0 N–H and O–H groups in total. The number of unbranched alkanes of at least 4 members (excludes halogenated alkanes) is 2. The molecule has 2 heteroatoms. The van der Waals surface area contributed by atoms with Gasteiger partial charge >= 0.3 is 0 Å². The lowest BCUT2D eigenvalue weighted by Gasteiger charge is -2.01. The topological polar surface area (TPSA) is 12.9 Å². The average molecular weight is 231 g/mol. The molecule has 0 unspecified atom stereocenters. The molecule has 2 rings (SSSR count). The number of nitrogens with zero attached hydrogens (tertiary/aromatic N) is 1.